The van der Waals surface area contributed by atoms with E-state index in [4.69, 9.17) is 0 Å². The third-order valence-electron chi connectivity index (χ3n) is 2.76. The minimum Gasteiger partial charge on any atom is -0.337 e. The van der Waals surface area contributed by atoms with Crippen LogP contribution >= 0.6 is 15.9 Å². The summed E-state index contributed by atoms with van der Waals surface area (Å²) in [5, 5.41) is 0. The van der Waals surface area contributed by atoms with Crippen LogP contribution in [-0.2, 0) is 0 Å². The van der Waals surface area contributed by atoms with Crippen molar-refractivity contribution in [3.05, 3.63) is 34.1 Å². The highest BCUT2D eigenvalue weighted by molar-refractivity contribution is 9.10. The maximum Gasteiger partial charge on any atom is 0.256 e. The smallest absolute Gasteiger partial charge is 0.256 e. The fraction of sp³-hybridized carbons (Fsp3) is 0.500. The first-order valence-electron chi connectivity index (χ1n) is 6.34. The lowest BCUT2D eigenvalue weighted by atomic mass is 10.2. The van der Waals surface area contributed by atoms with E-state index < -0.39 is 5.82 Å². The Balaban J connectivity index is 2.88. The summed E-state index contributed by atoms with van der Waals surface area (Å²) in [7, 11) is 3.91. The second-order valence-corrected chi connectivity index (χ2v) is 5.64. The Kier molecular flexibility index (Phi) is 6.45. The van der Waals surface area contributed by atoms with E-state index in [9.17, 15) is 9.18 Å². The third kappa shape index (κ3) is 4.91. The average molecular weight is 331 g/mol. The lowest BCUT2D eigenvalue weighted by Crippen LogP contribution is -2.37. The summed E-state index contributed by atoms with van der Waals surface area (Å²) >= 11 is 3.27. The Morgan fingerprint density at radius 2 is 1.95 bits per heavy atom. The zero-order chi connectivity index (χ0) is 14.4. The average Bonchev–Trinajstić information content (AvgIpc) is 2.36. The van der Waals surface area contributed by atoms with Crippen molar-refractivity contribution in [1.82, 2.24) is 9.80 Å². The molecule has 0 unspecified atom stereocenters. The molecule has 0 N–H and O–H groups in total. The standard InChI is InChI=1S/C14H20BrFN2O/c1-4-7-18(9-8-17(2)3)14(19)12-10-11(15)5-6-13(12)16/h5-6,10H,4,7-9H2,1-3H3. The quantitative estimate of drug-likeness (QED) is 0.800. The number of carbonyl (C=O) groups excluding carboxylic acids is 1. The van der Waals surface area contributed by atoms with E-state index in [1.807, 2.05) is 25.9 Å². The van der Waals surface area contributed by atoms with E-state index in [1.165, 1.54) is 12.1 Å². The molecule has 1 amide bonds. The fourth-order valence-electron chi connectivity index (χ4n) is 1.74. The van der Waals surface area contributed by atoms with Crippen LogP contribution in [0.1, 0.15) is 23.7 Å². The van der Waals surface area contributed by atoms with E-state index in [-0.39, 0.29) is 11.5 Å². The van der Waals surface area contributed by atoms with Crippen molar-refractivity contribution >= 4 is 21.8 Å². The summed E-state index contributed by atoms with van der Waals surface area (Å²) in [5.74, 6) is -0.721. The Hall–Kier alpha value is -0.940. The number of benzene rings is 1. The summed E-state index contributed by atoms with van der Waals surface area (Å²) in [6.07, 6.45) is 0.856. The summed E-state index contributed by atoms with van der Waals surface area (Å²) < 4.78 is 14.5. The van der Waals surface area contributed by atoms with Gasteiger partial charge in [0.05, 0.1) is 5.56 Å². The Morgan fingerprint density at radius 1 is 1.26 bits per heavy atom. The highest BCUT2D eigenvalue weighted by atomic mass is 79.9. The van der Waals surface area contributed by atoms with Gasteiger partial charge < -0.3 is 9.80 Å². The van der Waals surface area contributed by atoms with Gasteiger partial charge in [0.25, 0.3) is 5.91 Å². The van der Waals surface area contributed by atoms with Crippen molar-refractivity contribution in [2.75, 3.05) is 33.7 Å². The predicted molar refractivity (Wildman–Crippen MR) is 78.8 cm³/mol. The molecule has 1 aromatic carbocycles. The molecule has 0 aliphatic rings. The van der Waals surface area contributed by atoms with Gasteiger partial charge in [-0.3, -0.25) is 4.79 Å². The Morgan fingerprint density at radius 3 is 2.53 bits per heavy atom. The van der Waals surface area contributed by atoms with Crippen LogP contribution in [0.15, 0.2) is 22.7 Å². The molecule has 0 bridgehead atoms. The lowest BCUT2D eigenvalue weighted by Gasteiger charge is -2.24. The maximum absolute atomic E-state index is 13.7. The molecule has 3 nitrogen and oxygen atoms in total. The predicted octanol–water partition coefficient (Wildman–Crippen LogP) is 3.00. The van der Waals surface area contributed by atoms with Crippen molar-refractivity contribution in [3.8, 4) is 0 Å². The van der Waals surface area contributed by atoms with Gasteiger partial charge >= 0.3 is 0 Å². The van der Waals surface area contributed by atoms with Crippen LogP contribution in [-0.4, -0.2) is 49.4 Å². The molecule has 0 aliphatic carbocycles. The Labute approximate surface area is 122 Å². The first-order chi connectivity index (χ1) is 8.95. The molecular formula is C14H20BrFN2O. The number of rotatable bonds is 6. The second kappa shape index (κ2) is 7.60. The minimum absolute atomic E-state index is 0.126. The first kappa shape index (κ1) is 16.1. The van der Waals surface area contributed by atoms with Crippen LogP contribution in [0.2, 0.25) is 0 Å². The molecule has 0 heterocycles. The monoisotopic (exact) mass is 330 g/mol. The highest BCUT2D eigenvalue weighted by Gasteiger charge is 2.18. The highest BCUT2D eigenvalue weighted by Crippen LogP contribution is 2.17. The van der Waals surface area contributed by atoms with Gasteiger partial charge in [0, 0.05) is 24.1 Å². The molecule has 0 saturated heterocycles. The molecule has 19 heavy (non-hydrogen) atoms. The molecule has 0 spiro atoms. The van der Waals surface area contributed by atoms with Crippen LogP contribution in [0.4, 0.5) is 4.39 Å². The molecular weight excluding hydrogens is 311 g/mol. The van der Waals surface area contributed by atoms with Crippen molar-refractivity contribution in [2.45, 2.75) is 13.3 Å². The number of hydrogen-bond donors (Lipinski definition) is 0. The number of nitrogens with zero attached hydrogens (tertiary/aromatic N) is 2. The molecule has 0 atom stereocenters. The van der Waals surface area contributed by atoms with Gasteiger partial charge in [-0.25, -0.2) is 4.39 Å². The van der Waals surface area contributed by atoms with Crippen molar-refractivity contribution in [3.63, 3.8) is 0 Å². The maximum atomic E-state index is 13.7. The van der Waals surface area contributed by atoms with Gasteiger partial charge in [-0.15, -0.1) is 0 Å². The number of hydrogen-bond acceptors (Lipinski definition) is 2. The number of amides is 1. The van der Waals surface area contributed by atoms with Gasteiger partial charge in [0.2, 0.25) is 0 Å². The van der Waals surface area contributed by atoms with E-state index >= 15 is 0 Å². The van der Waals surface area contributed by atoms with Crippen molar-refractivity contribution in [1.29, 1.82) is 0 Å². The van der Waals surface area contributed by atoms with Gasteiger partial charge in [0.15, 0.2) is 0 Å². The van der Waals surface area contributed by atoms with Crippen LogP contribution < -0.4 is 0 Å². The molecule has 1 aromatic rings. The molecule has 0 saturated carbocycles. The fourth-order valence-corrected chi connectivity index (χ4v) is 2.10. The zero-order valence-electron chi connectivity index (χ0n) is 11.6. The molecule has 0 radical (unpaired) electrons. The molecule has 1 rings (SSSR count). The van der Waals surface area contributed by atoms with E-state index in [2.05, 4.69) is 15.9 Å². The van der Waals surface area contributed by atoms with Crippen molar-refractivity contribution in [2.24, 2.45) is 0 Å². The van der Waals surface area contributed by atoms with Crippen molar-refractivity contribution < 1.29 is 9.18 Å². The van der Waals surface area contributed by atoms with E-state index in [0.29, 0.717) is 17.6 Å². The van der Waals surface area contributed by atoms with Crippen LogP contribution in [0, 0.1) is 5.82 Å². The topological polar surface area (TPSA) is 23.6 Å². The molecule has 0 fully saturated rings. The van der Waals surface area contributed by atoms with E-state index in [1.54, 1.807) is 11.0 Å². The largest absolute Gasteiger partial charge is 0.337 e. The summed E-state index contributed by atoms with van der Waals surface area (Å²) in [5.41, 5.74) is 0.126. The summed E-state index contributed by atoms with van der Waals surface area (Å²) in [6, 6.07) is 4.44. The normalized spacial score (nSPS) is 10.8. The molecule has 5 heteroatoms. The molecule has 0 aliphatic heterocycles. The van der Waals surface area contributed by atoms with E-state index in [0.717, 1.165) is 13.0 Å². The van der Waals surface area contributed by atoms with Gasteiger partial charge in [-0.2, -0.15) is 0 Å². The summed E-state index contributed by atoms with van der Waals surface area (Å²) in [6.45, 7) is 4.01. The van der Waals surface area contributed by atoms with Gasteiger partial charge in [-0.05, 0) is 38.7 Å². The second-order valence-electron chi connectivity index (χ2n) is 4.72. The molecule has 0 aromatic heterocycles. The zero-order valence-corrected chi connectivity index (χ0v) is 13.2. The third-order valence-corrected chi connectivity index (χ3v) is 3.25. The first-order valence-corrected chi connectivity index (χ1v) is 7.14. The lowest BCUT2D eigenvalue weighted by molar-refractivity contribution is 0.0740. The minimum atomic E-state index is -0.473. The van der Waals surface area contributed by atoms with Gasteiger partial charge in [-0.1, -0.05) is 22.9 Å². The number of likely N-dealkylation sites (N-methyl/N-ethyl adjacent to an activating group) is 1. The van der Waals surface area contributed by atoms with Crippen LogP contribution in [0.25, 0.3) is 0 Å². The van der Waals surface area contributed by atoms with Crippen LogP contribution in [0.5, 0.6) is 0 Å². The number of halogens is 2. The molecule has 106 valence electrons. The Bertz CT molecular complexity index is 437. The summed E-state index contributed by atoms with van der Waals surface area (Å²) in [4.78, 5) is 16.1. The SMILES string of the molecule is CCCN(CCN(C)C)C(=O)c1cc(Br)ccc1F. The van der Waals surface area contributed by atoms with Crippen LogP contribution in [0.3, 0.4) is 0 Å². The van der Waals surface area contributed by atoms with Gasteiger partial charge in [0.1, 0.15) is 5.82 Å². The number of carbonyl (C=O) groups is 1.